The predicted molar refractivity (Wildman–Crippen MR) is 61.6 cm³/mol. The van der Waals surface area contributed by atoms with E-state index in [-0.39, 0.29) is 6.61 Å². The molecule has 0 spiro atoms. The Kier molecular flexibility index (Phi) is 3.32. The van der Waals surface area contributed by atoms with Gasteiger partial charge in [-0.25, -0.2) is 5.90 Å². The van der Waals surface area contributed by atoms with Crippen molar-refractivity contribution in [2.45, 2.75) is 26.3 Å². The second kappa shape index (κ2) is 4.62. The first-order chi connectivity index (χ1) is 8.47. The fraction of sp³-hybridized carbons (Fsp3) is 0.333. The number of alkyl halides is 3. The lowest BCUT2D eigenvalue weighted by atomic mass is 10.1. The van der Waals surface area contributed by atoms with E-state index in [0.29, 0.717) is 11.9 Å². The third-order valence-electron chi connectivity index (χ3n) is 2.86. The van der Waals surface area contributed by atoms with Gasteiger partial charge in [0.1, 0.15) is 6.61 Å². The quantitative estimate of drug-likeness (QED) is 0.859. The van der Waals surface area contributed by atoms with E-state index in [9.17, 15) is 13.2 Å². The van der Waals surface area contributed by atoms with E-state index in [2.05, 4.69) is 4.84 Å². The van der Waals surface area contributed by atoms with Crippen LogP contribution in [-0.4, -0.2) is 4.57 Å². The third kappa shape index (κ3) is 2.21. The molecule has 2 aromatic rings. The molecule has 0 bridgehead atoms. The molecule has 0 fully saturated rings. The van der Waals surface area contributed by atoms with E-state index in [4.69, 9.17) is 5.90 Å². The average Bonchev–Trinajstić information content (AvgIpc) is 2.64. The van der Waals surface area contributed by atoms with Crippen LogP contribution < -0.4 is 5.90 Å². The Bertz CT molecular complexity index is 560. The van der Waals surface area contributed by atoms with E-state index < -0.39 is 11.7 Å². The van der Waals surface area contributed by atoms with Crippen LogP contribution in [0, 0.1) is 0 Å². The molecule has 98 valence electrons. The van der Waals surface area contributed by atoms with Crippen molar-refractivity contribution in [3.8, 4) is 0 Å². The summed E-state index contributed by atoms with van der Waals surface area (Å²) in [7, 11) is 0. The lowest BCUT2D eigenvalue weighted by Crippen LogP contribution is -2.06. The molecule has 1 aromatic heterocycles. The highest BCUT2D eigenvalue weighted by Gasteiger charge is 2.30. The van der Waals surface area contributed by atoms with Gasteiger partial charge in [-0.05, 0) is 31.2 Å². The normalized spacial score (nSPS) is 12.3. The first-order valence-corrected chi connectivity index (χ1v) is 5.48. The maximum absolute atomic E-state index is 12.6. The molecule has 0 radical (unpaired) electrons. The van der Waals surface area contributed by atoms with Gasteiger partial charge in [0.15, 0.2) is 0 Å². The van der Waals surface area contributed by atoms with Crippen LogP contribution in [0.5, 0.6) is 0 Å². The van der Waals surface area contributed by atoms with Crippen LogP contribution in [0.2, 0.25) is 0 Å². The van der Waals surface area contributed by atoms with Gasteiger partial charge in [0.25, 0.3) is 0 Å². The molecule has 2 N–H and O–H groups in total. The lowest BCUT2D eigenvalue weighted by Gasteiger charge is -2.08. The van der Waals surface area contributed by atoms with Crippen molar-refractivity contribution in [3.63, 3.8) is 0 Å². The number of aromatic nitrogens is 1. The van der Waals surface area contributed by atoms with Gasteiger partial charge in [-0.3, -0.25) is 4.84 Å². The Balaban J connectivity index is 2.58. The number of hydrogen-bond donors (Lipinski definition) is 1. The van der Waals surface area contributed by atoms with Crippen LogP contribution in [0.3, 0.4) is 0 Å². The number of nitrogens with zero attached hydrogens (tertiary/aromatic N) is 1. The summed E-state index contributed by atoms with van der Waals surface area (Å²) in [5.74, 6) is 5.01. The number of hydrogen-bond acceptors (Lipinski definition) is 2. The molecule has 0 unspecified atom stereocenters. The maximum atomic E-state index is 12.6. The second-order valence-electron chi connectivity index (χ2n) is 3.96. The number of rotatable bonds is 3. The minimum absolute atomic E-state index is 0.171. The van der Waals surface area contributed by atoms with Crippen LogP contribution >= 0.6 is 0 Å². The minimum atomic E-state index is -4.33. The summed E-state index contributed by atoms with van der Waals surface area (Å²) in [4.78, 5) is 4.55. The fourth-order valence-electron chi connectivity index (χ4n) is 2.08. The highest BCUT2D eigenvalue weighted by atomic mass is 19.4. The van der Waals surface area contributed by atoms with Crippen molar-refractivity contribution >= 4 is 10.9 Å². The summed E-state index contributed by atoms with van der Waals surface area (Å²) >= 11 is 0. The van der Waals surface area contributed by atoms with Gasteiger partial charge >= 0.3 is 6.18 Å². The van der Waals surface area contributed by atoms with Crippen LogP contribution in [0.15, 0.2) is 24.3 Å². The van der Waals surface area contributed by atoms with Gasteiger partial charge < -0.3 is 4.57 Å². The zero-order valence-electron chi connectivity index (χ0n) is 9.79. The van der Waals surface area contributed by atoms with Crippen molar-refractivity contribution in [2.75, 3.05) is 0 Å². The first kappa shape index (κ1) is 12.9. The summed E-state index contributed by atoms with van der Waals surface area (Å²) in [6.45, 7) is 2.73. The van der Waals surface area contributed by atoms with E-state index in [1.54, 1.807) is 6.07 Å². The maximum Gasteiger partial charge on any atom is 0.416 e. The van der Waals surface area contributed by atoms with Gasteiger partial charge in [0, 0.05) is 23.1 Å². The van der Waals surface area contributed by atoms with E-state index >= 15 is 0 Å². The number of halogens is 3. The molecule has 2 rings (SSSR count). The smallest absolute Gasteiger partial charge is 0.343 e. The van der Waals surface area contributed by atoms with Crippen molar-refractivity contribution in [2.24, 2.45) is 5.90 Å². The van der Waals surface area contributed by atoms with Gasteiger partial charge in [0.05, 0.1) is 5.56 Å². The molecule has 0 saturated carbocycles. The number of fused-ring (bicyclic) bond motifs is 1. The minimum Gasteiger partial charge on any atom is -0.343 e. The molecule has 1 aromatic carbocycles. The number of aryl methyl sites for hydroxylation is 1. The molecule has 1 heterocycles. The largest absolute Gasteiger partial charge is 0.416 e. The second-order valence-corrected chi connectivity index (χ2v) is 3.96. The third-order valence-corrected chi connectivity index (χ3v) is 2.86. The molecule has 0 aliphatic carbocycles. The fourth-order valence-corrected chi connectivity index (χ4v) is 2.08. The monoisotopic (exact) mass is 258 g/mol. The van der Waals surface area contributed by atoms with E-state index in [1.165, 1.54) is 6.07 Å². The SMILES string of the molecule is CCn1c(CON)cc2cc(C(F)(F)F)ccc21. The molecule has 0 atom stereocenters. The predicted octanol–water partition coefficient (Wildman–Crippen LogP) is 3.07. The van der Waals surface area contributed by atoms with Crippen molar-refractivity contribution in [1.29, 1.82) is 0 Å². The first-order valence-electron chi connectivity index (χ1n) is 5.48. The molecule has 0 aliphatic heterocycles. The van der Waals surface area contributed by atoms with Crippen LogP contribution in [0.1, 0.15) is 18.2 Å². The Morgan fingerprint density at radius 1 is 1.28 bits per heavy atom. The Morgan fingerprint density at radius 2 is 2.00 bits per heavy atom. The molecule has 3 nitrogen and oxygen atoms in total. The van der Waals surface area contributed by atoms with Crippen molar-refractivity contribution in [1.82, 2.24) is 4.57 Å². The summed E-state index contributed by atoms with van der Waals surface area (Å²) in [6.07, 6.45) is -4.33. The average molecular weight is 258 g/mol. The highest BCUT2D eigenvalue weighted by molar-refractivity contribution is 5.82. The van der Waals surface area contributed by atoms with Gasteiger partial charge in [0.2, 0.25) is 0 Å². The van der Waals surface area contributed by atoms with Crippen molar-refractivity contribution < 1.29 is 18.0 Å². The molecule has 6 heteroatoms. The molecule has 0 amide bonds. The Morgan fingerprint density at radius 3 is 2.56 bits per heavy atom. The van der Waals surface area contributed by atoms with Crippen LogP contribution in [0.4, 0.5) is 13.2 Å². The molecule has 0 saturated heterocycles. The summed E-state index contributed by atoms with van der Waals surface area (Å²) in [6, 6.07) is 5.37. The van der Waals surface area contributed by atoms with Gasteiger partial charge in [-0.2, -0.15) is 13.2 Å². The van der Waals surface area contributed by atoms with Crippen LogP contribution in [0.25, 0.3) is 10.9 Å². The molecular weight excluding hydrogens is 245 g/mol. The Labute approximate surface area is 102 Å². The van der Waals surface area contributed by atoms with Gasteiger partial charge in [-0.1, -0.05) is 0 Å². The van der Waals surface area contributed by atoms with Gasteiger partial charge in [-0.15, -0.1) is 0 Å². The number of nitrogens with two attached hydrogens (primary N) is 1. The van der Waals surface area contributed by atoms with E-state index in [1.807, 2.05) is 11.5 Å². The standard InChI is InChI=1S/C12H13F3N2O/c1-2-17-10(7-18-16)6-8-5-9(12(13,14)15)3-4-11(8)17/h3-6H,2,7,16H2,1H3. The summed E-state index contributed by atoms with van der Waals surface area (Å²) in [5.41, 5.74) is 0.857. The summed E-state index contributed by atoms with van der Waals surface area (Å²) < 4.78 is 39.7. The summed E-state index contributed by atoms with van der Waals surface area (Å²) in [5, 5.41) is 0.540. The zero-order valence-corrected chi connectivity index (χ0v) is 9.79. The zero-order chi connectivity index (χ0) is 13.3. The lowest BCUT2D eigenvalue weighted by molar-refractivity contribution is -0.137. The topological polar surface area (TPSA) is 40.2 Å². The highest BCUT2D eigenvalue weighted by Crippen LogP contribution is 2.32. The molecule has 18 heavy (non-hydrogen) atoms. The molecule has 0 aliphatic rings. The van der Waals surface area contributed by atoms with Crippen molar-refractivity contribution in [3.05, 3.63) is 35.5 Å². The van der Waals surface area contributed by atoms with Crippen LogP contribution in [-0.2, 0) is 24.2 Å². The number of benzene rings is 1. The Hall–Kier alpha value is -1.53. The molecular formula is C12H13F3N2O. The van der Waals surface area contributed by atoms with E-state index in [0.717, 1.165) is 23.3 Å².